The van der Waals surface area contributed by atoms with Crippen molar-refractivity contribution in [2.75, 3.05) is 32.0 Å². The Morgan fingerprint density at radius 3 is 2.70 bits per heavy atom. The molecule has 0 unspecified atom stereocenters. The van der Waals surface area contributed by atoms with Gasteiger partial charge in [0.05, 0.1) is 30.7 Å². The number of nitrogens with one attached hydrogen (secondary N) is 1. The van der Waals surface area contributed by atoms with Crippen LogP contribution in [0.25, 0.3) is 22.3 Å². The number of nitriles is 1. The third-order valence-corrected chi connectivity index (χ3v) is 7.79. The van der Waals surface area contributed by atoms with Gasteiger partial charge in [-0.05, 0) is 57.0 Å². The molecule has 0 spiro atoms. The Morgan fingerprint density at radius 1 is 1.20 bits per heavy atom. The molecule has 2 aromatic carbocycles. The van der Waals surface area contributed by atoms with Crippen LogP contribution in [0.15, 0.2) is 66.5 Å². The van der Waals surface area contributed by atoms with Crippen molar-refractivity contribution < 1.29 is 18.7 Å². The van der Waals surface area contributed by atoms with Gasteiger partial charge in [-0.15, -0.1) is 0 Å². The summed E-state index contributed by atoms with van der Waals surface area (Å²) in [4.78, 5) is 23.8. The molecule has 0 bridgehead atoms. The van der Waals surface area contributed by atoms with Gasteiger partial charge in [0.1, 0.15) is 46.8 Å². The standard InChI is InChI=1S/C32H33FN8O3/c1-32(2,38-21-17-43-18-21)14-20(15-34)31(42)40-12-6-7-22(16-40)41-30-27(29(35)36-19-37-30)28(39-41)25-11-10-24(13-26(25)33)44-23-8-4-3-5-9-23/h3-5,8-11,13-14,19,21-22,38H,6-7,12,16-18H2,1-2H3,(H2,35,36,37)/t22-/m0/s1. The van der Waals surface area contributed by atoms with Crippen LogP contribution >= 0.6 is 0 Å². The lowest BCUT2D eigenvalue weighted by molar-refractivity contribution is -0.128. The lowest BCUT2D eigenvalue weighted by Crippen LogP contribution is -2.54. The predicted molar refractivity (Wildman–Crippen MR) is 162 cm³/mol. The van der Waals surface area contributed by atoms with Crippen molar-refractivity contribution in [1.29, 1.82) is 5.26 Å². The molecule has 0 radical (unpaired) electrons. The number of aromatic nitrogens is 4. The fourth-order valence-electron chi connectivity index (χ4n) is 5.71. The van der Waals surface area contributed by atoms with Crippen LogP contribution in [-0.4, -0.2) is 68.4 Å². The molecule has 2 aromatic heterocycles. The molecular formula is C32H33FN8O3. The summed E-state index contributed by atoms with van der Waals surface area (Å²) in [5, 5.41) is 18.5. The summed E-state index contributed by atoms with van der Waals surface area (Å²) in [6.07, 6.45) is 4.42. The molecule has 1 amide bonds. The van der Waals surface area contributed by atoms with E-state index >= 15 is 4.39 Å². The van der Waals surface area contributed by atoms with Crippen LogP contribution in [0.2, 0.25) is 0 Å². The van der Waals surface area contributed by atoms with E-state index in [1.807, 2.05) is 32.0 Å². The van der Waals surface area contributed by atoms with Gasteiger partial charge in [-0.25, -0.2) is 19.0 Å². The van der Waals surface area contributed by atoms with Crippen molar-refractivity contribution in [1.82, 2.24) is 30.0 Å². The number of rotatable bonds is 8. The van der Waals surface area contributed by atoms with Crippen LogP contribution in [0, 0.1) is 17.1 Å². The number of ether oxygens (including phenoxy) is 2. The number of fused-ring (bicyclic) bond motifs is 1. The van der Waals surface area contributed by atoms with E-state index < -0.39 is 11.4 Å². The summed E-state index contributed by atoms with van der Waals surface area (Å²) in [6, 6.07) is 15.7. The first-order valence-corrected chi connectivity index (χ1v) is 14.5. The second-order valence-electron chi connectivity index (χ2n) is 11.6. The van der Waals surface area contributed by atoms with Gasteiger partial charge in [0.2, 0.25) is 0 Å². The Bertz CT molecular complexity index is 1760. The second kappa shape index (κ2) is 12.0. The number of carbonyl (C=O) groups excluding carboxylic acids is 1. The van der Waals surface area contributed by atoms with Gasteiger partial charge in [-0.3, -0.25) is 4.79 Å². The number of anilines is 1. The Labute approximate surface area is 254 Å². The van der Waals surface area contributed by atoms with Crippen LogP contribution in [0.4, 0.5) is 10.2 Å². The maximum absolute atomic E-state index is 15.6. The summed E-state index contributed by atoms with van der Waals surface area (Å²) < 4.78 is 28.3. The van der Waals surface area contributed by atoms with Gasteiger partial charge < -0.3 is 25.4 Å². The van der Waals surface area contributed by atoms with Gasteiger partial charge in [-0.2, -0.15) is 10.4 Å². The zero-order valence-corrected chi connectivity index (χ0v) is 24.5. The van der Waals surface area contributed by atoms with Crippen LogP contribution in [0.3, 0.4) is 0 Å². The van der Waals surface area contributed by atoms with E-state index in [4.69, 9.17) is 20.3 Å². The minimum atomic E-state index is -0.572. The number of nitrogens with zero attached hydrogens (tertiary/aromatic N) is 6. The van der Waals surface area contributed by atoms with E-state index in [0.29, 0.717) is 67.4 Å². The normalized spacial score (nSPS) is 17.7. The monoisotopic (exact) mass is 596 g/mol. The maximum atomic E-state index is 15.6. The number of hydrogen-bond donors (Lipinski definition) is 2. The molecule has 2 aliphatic rings. The molecule has 2 fully saturated rings. The van der Waals surface area contributed by atoms with Crippen LogP contribution in [0.5, 0.6) is 11.5 Å². The van der Waals surface area contributed by atoms with Crippen molar-refractivity contribution in [3.63, 3.8) is 0 Å². The Kier molecular flexibility index (Phi) is 7.99. The number of benzene rings is 2. The van der Waals surface area contributed by atoms with Crippen LogP contribution in [-0.2, 0) is 9.53 Å². The number of nitrogens with two attached hydrogens (primary N) is 1. The Morgan fingerprint density at radius 2 is 2.00 bits per heavy atom. The van der Waals surface area contributed by atoms with Crippen molar-refractivity contribution >= 4 is 22.8 Å². The number of amides is 1. The highest BCUT2D eigenvalue weighted by molar-refractivity contribution is 5.99. The van der Waals surface area contributed by atoms with E-state index in [1.165, 1.54) is 12.4 Å². The van der Waals surface area contributed by atoms with Gasteiger partial charge in [0, 0.05) is 30.3 Å². The third-order valence-electron chi connectivity index (χ3n) is 7.79. The molecule has 11 nitrogen and oxygen atoms in total. The van der Waals surface area contributed by atoms with E-state index in [1.54, 1.807) is 39.9 Å². The molecule has 12 heteroatoms. The smallest absolute Gasteiger partial charge is 0.264 e. The van der Waals surface area contributed by atoms with Gasteiger partial charge in [0.25, 0.3) is 5.91 Å². The quantitative estimate of drug-likeness (QED) is 0.224. The van der Waals surface area contributed by atoms with Crippen molar-refractivity contribution in [3.05, 3.63) is 72.3 Å². The summed E-state index contributed by atoms with van der Waals surface area (Å²) in [7, 11) is 0. The second-order valence-corrected chi connectivity index (χ2v) is 11.6. The largest absolute Gasteiger partial charge is 0.457 e. The predicted octanol–water partition coefficient (Wildman–Crippen LogP) is 4.39. The first-order chi connectivity index (χ1) is 21.2. The number of carbonyl (C=O) groups is 1. The third kappa shape index (κ3) is 5.97. The molecule has 2 saturated heterocycles. The van der Waals surface area contributed by atoms with Gasteiger partial charge in [0.15, 0.2) is 5.65 Å². The van der Waals surface area contributed by atoms with Crippen molar-refractivity contribution in [2.24, 2.45) is 0 Å². The highest BCUT2D eigenvalue weighted by atomic mass is 19.1. The lowest BCUT2D eigenvalue weighted by atomic mass is 9.98. The number of para-hydroxylation sites is 1. The van der Waals surface area contributed by atoms with E-state index in [-0.39, 0.29) is 34.9 Å². The van der Waals surface area contributed by atoms with Crippen molar-refractivity contribution in [2.45, 2.75) is 44.3 Å². The molecule has 0 aliphatic carbocycles. The molecular weight excluding hydrogens is 563 g/mol. The number of nitrogen functional groups attached to an aromatic ring is 1. The van der Waals surface area contributed by atoms with E-state index in [9.17, 15) is 10.1 Å². The fourth-order valence-corrected chi connectivity index (χ4v) is 5.71. The number of likely N-dealkylation sites (tertiary alicyclic amines) is 1. The topological polar surface area (TPSA) is 144 Å². The summed E-state index contributed by atoms with van der Waals surface area (Å²) in [6.45, 7) is 5.86. The molecule has 1 atom stereocenters. The first-order valence-electron chi connectivity index (χ1n) is 14.5. The van der Waals surface area contributed by atoms with E-state index in [2.05, 4.69) is 21.4 Å². The minimum absolute atomic E-state index is 0.0702. The summed E-state index contributed by atoms with van der Waals surface area (Å²) >= 11 is 0. The van der Waals surface area contributed by atoms with Gasteiger partial charge in [-0.1, -0.05) is 18.2 Å². The highest BCUT2D eigenvalue weighted by Gasteiger charge is 2.32. The number of piperidine rings is 1. The van der Waals surface area contributed by atoms with Gasteiger partial charge >= 0.3 is 0 Å². The molecule has 3 N–H and O–H groups in total. The summed E-state index contributed by atoms with van der Waals surface area (Å²) in [5.41, 5.74) is 6.75. The molecule has 226 valence electrons. The molecule has 4 heterocycles. The lowest BCUT2D eigenvalue weighted by Gasteiger charge is -2.35. The van der Waals surface area contributed by atoms with E-state index in [0.717, 1.165) is 0 Å². The average Bonchev–Trinajstić information content (AvgIpc) is 3.39. The van der Waals surface area contributed by atoms with Crippen LogP contribution < -0.4 is 15.8 Å². The number of hydrogen-bond acceptors (Lipinski definition) is 9. The van der Waals surface area contributed by atoms with Crippen LogP contribution in [0.1, 0.15) is 32.7 Å². The SMILES string of the molecule is CC(C)(C=C(C#N)C(=O)N1CCC[C@H](n2nc(-c3ccc(Oc4ccccc4)cc3F)c3c(N)ncnc32)C1)NC1COC1. The minimum Gasteiger partial charge on any atom is -0.457 e. The maximum Gasteiger partial charge on any atom is 0.264 e. The zero-order valence-electron chi connectivity index (χ0n) is 24.5. The fraction of sp³-hybridized carbons (Fsp3) is 0.344. The highest BCUT2D eigenvalue weighted by Crippen LogP contribution is 2.36. The average molecular weight is 597 g/mol. The van der Waals surface area contributed by atoms with Crippen molar-refractivity contribution in [3.8, 4) is 28.8 Å². The number of halogens is 1. The molecule has 6 rings (SSSR count). The Balaban J connectivity index is 1.28. The summed E-state index contributed by atoms with van der Waals surface area (Å²) in [5.74, 6) is 0.216. The zero-order chi connectivity index (χ0) is 30.8. The molecule has 2 aliphatic heterocycles. The molecule has 44 heavy (non-hydrogen) atoms. The molecule has 4 aromatic rings. The Hall–Kier alpha value is -4.86. The molecule has 0 saturated carbocycles. The first kappa shape index (κ1) is 29.2.